The van der Waals surface area contributed by atoms with E-state index < -0.39 is 0 Å². The molecule has 2 aliphatic heterocycles. The molecule has 152 valence electrons. The summed E-state index contributed by atoms with van der Waals surface area (Å²) < 4.78 is 1.89. The number of piperazine rings is 1. The van der Waals surface area contributed by atoms with Gasteiger partial charge >= 0.3 is 0 Å². The fraction of sp³-hybridized carbons (Fsp3) is 0.292. The molecule has 1 amide bonds. The van der Waals surface area contributed by atoms with Crippen LogP contribution < -0.4 is 4.90 Å². The summed E-state index contributed by atoms with van der Waals surface area (Å²) in [5, 5.41) is 4.51. The van der Waals surface area contributed by atoms with Gasteiger partial charge in [0.1, 0.15) is 5.92 Å². The lowest BCUT2D eigenvalue weighted by molar-refractivity contribution is -0.134. The molecule has 2 aromatic carbocycles. The molecule has 5 rings (SSSR count). The molecule has 2 aliphatic rings. The van der Waals surface area contributed by atoms with E-state index in [1.807, 2.05) is 46.8 Å². The third-order valence-electron chi connectivity index (χ3n) is 6.09. The van der Waals surface area contributed by atoms with E-state index in [2.05, 4.69) is 46.4 Å². The predicted octanol–water partition coefficient (Wildman–Crippen LogP) is 3.54. The van der Waals surface area contributed by atoms with Crippen LogP contribution in [0.4, 0.5) is 11.5 Å². The third-order valence-corrected chi connectivity index (χ3v) is 6.09. The Labute approximate surface area is 176 Å². The van der Waals surface area contributed by atoms with E-state index in [1.165, 1.54) is 5.69 Å². The van der Waals surface area contributed by atoms with Crippen LogP contribution in [0.5, 0.6) is 0 Å². The molecular weight excluding hydrogens is 374 g/mol. The highest BCUT2D eigenvalue weighted by Crippen LogP contribution is 2.37. The Morgan fingerprint density at radius 2 is 1.57 bits per heavy atom. The van der Waals surface area contributed by atoms with E-state index in [0.29, 0.717) is 13.1 Å². The minimum atomic E-state index is -0.344. The van der Waals surface area contributed by atoms with Crippen molar-refractivity contribution in [2.75, 3.05) is 31.1 Å². The van der Waals surface area contributed by atoms with Gasteiger partial charge < -0.3 is 9.80 Å². The van der Waals surface area contributed by atoms with Crippen LogP contribution in [-0.4, -0.2) is 52.5 Å². The Kier molecular flexibility index (Phi) is 4.83. The topological polar surface area (TPSA) is 53.7 Å². The lowest BCUT2D eigenvalue weighted by Crippen LogP contribution is -2.53. The maximum absolute atomic E-state index is 13.7. The standard InChI is InChI=1S/C24H25N5O/c1-18-22(23(19-8-4-2-5-9-19)29-21(26-18)12-13-25-29)24(30)28-16-14-27(15-17-28)20-10-6-3-7-11-20/h2-13,22-23H,14-17H2,1H3. The Balaban J connectivity index is 1.40. The van der Waals surface area contributed by atoms with Crippen molar-refractivity contribution in [2.24, 2.45) is 10.9 Å². The van der Waals surface area contributed by atoms with Crippen molar-refractivity contribution >= 4 is 23.1 Å². The van der Waals surface area contributed by atoms with Crippen LogP contribution in [0.1, 0.15) is 18.5 Å². The summed E-state index contributed by atoms with van der Waals surface area (Å²) in [5.41, 5.74) is 3.15. The molecule has 30 heavy (non-hydrogen) atoms. The van der Waals surface area contributed by atoms with Gasteiger partial charge in [-0.05, 0) is 24.6 Å². The van der Waals surface area contributed by atoms with Crippen LogP contribution in [-0.2, 0) is 4.79 Å². The average molecular weight is 399 g/mol. The Morgan fingerprint density at radius 1 is 0.900 bits per heavy atom. The first kappa shape index (κ1) is 18.6. The van der Waals surface area contributed by atoms with Gasteiger partial charge in [0.05, 0.1) is 12.2 Å². The van der Waals surface area contributed by atoms with Gasteiger partial charge in [-0.15, -0.1) is 0 Å². The van der Waals surface area contributed by atoms with E-state index in [0.717, 1.165) is 30.2 Å². The van der Waals surface area contributed by atoms with Crippen LogP contribution in [0, 0.1) is 5.92 Å². The van der Waals surface area contributed by atoms with Crippen molar-refractivity contribution in [3.63, 3.8) is 0 Å². The highest BCUT2D eigenvalue weighted by atomic mass is 16.2. The molecule has 6 nitrogen and oxygen atoms in total. The number of anilines is 1. The minimum Gasteiger partial charge on any atom is -0.368 e. The molecule has 0 radical (unpaired) electrons. The van der Waals surface area contributed by atoms with E-state index in [1.54, 1.807) is 6.20 Å². The second kappa shape index (κ2) is 7.78. The zero-order chi connectivity index (χ0) is 20.5. The number of benzene rings is 2. The zero-order valence-electron chi connectivity index (χ0n) is 17.1. The molecule has 0 aliphatic carbocycles. The minimum absolute atomic E-state index is 0.138. The van der Waals surface area contributed by atoms with Crippen LogP contribution in [0.2, 0.25) is 0 Å². The number of amides is 1. The third kappa shape index (κ3) is 3.28. The first-order valence-corrected chi connectivity index (χ1v) is 10.4. The Hall–Kier alpha value is -3.41. The van der Waals surface area contributed by atoms with E-state index >= 15 is 0 Å². The molecule has 0 bridgehead atoms. The fourth-order valence-corrected chi connectivity index (χ4v) is 4.55. The summed E-state index contributed by atoms with van der Waals surface area (Å²) in [5.74, 6) is 0.598. The monoisotopic (exact) mass is 399 g/mol. The molecular formula is C24H25N5O. The predicted molar refractivity (Wildman–Crippen MR) is 118 cm³/mol. The fourth-order valence-electron chi connectivity index (χ4n) is 4.55. The van der Waals surface area contributed by atoms with Crippen LogP contribution in [0.15, 0.2) is 77.9 Å². The number of hydrogen-bond donors (Lipinski definition) is 0. The molecule has 1 aromatic heterocycles. The number of hydrogen-bond acceptors (Lipinski definition) is 4. The number of aromatic nitrogens is 2. The first-order chi connectivity index (χ1) is 14.7. The smallest absolute Gasteiger partial charge is 0.234 e. The van der Waals surface area contributed by atoms with Crippen molar-refractivity contribution in [1.29, 1.82) is 0 Å². The second-order valence-corrected chi connectivity index (χ2v) is 7.87. The molecule has 2 atom stereocenters. The van der Waals surface area contributed by atoms with Crippen molar-refractivity contribution < 1.29 is 4.79 Å². The lowest BCUT2D eigenvalue weighted by Gasteiger charge is -2.40. The van der Waals surface area contributed by atoms with Gasteiger partial charge in [0.2, 0.25) is 5.91 Å². The SMILES string of the molecule is CC1=Nc2ccnn2C(c2ccccc2)C1C(=O)N1CCN(c2ccccc2)CC1. The zero-order valence-corrected chi connectivity index (χ0v) is 17.1. The Morgan fingerprint density at radius 3 is 2.27 bits per heavy atom. The van der Waals surface area contributed by atoms with Gasteiger partial charge in [0.25, 0.3) is 0 Å². The summed E-state index contributed by atoms with van der Waals surface area (Å²) in [7, 11) is 0. The molecule has 0 spiro atoms. The van der Waals surface area contributed by atoms with E-state index in [9.17, 15) is 4.79 Å². The van der Waals surface area contributed by atoms with Gasteiger partial charge in [-0.2, -0.15) is 5.10 Å². The normalized spacial score (nSPS) is 21.2. The molecule has 0 saturated carbocycles. The average Bonchev–Trinajstić information content (AvgIpc) is 3.27. The summed E-state index contributed by atoms with van der Waals surface area (Å²) >= 11 is 0. The highest BCUT2D eigenvalue weighted by molar-refractivity contribution is 6.05. The van der Waals surface area contributed by atoms with Crippen LogP contribution in [0.3, 0.4) is 0 Å². The highest BCUT2D eigenvalue weighted by Gasteiger charge is 2.40. The molecule has 1 saturated heterocycles. The number of carbonyl (C=O) groups is 1. The number of carbonyl (C=O) groups excluding carboxylic acids is 1. The van der Waals surface area contributed by atoms with E-state index in [4.69, 9.17) is 4.99 Å². The lowest BCUT2D eigenvalue weighted by atomic mass is 9.87. The molecule has 3 heterocycles. The van der Waals surface area contributed by atoms with E-state index in [-0.39, 0.29) is 17.9 Å². The largest absolute Gasteiger partial charge is 0.368 e. The summed E-state index contributed by atoms with van der Waals surface area (Å²) in [6.07, 6.45) is 1.76. The van der Waals surface area contributed by atoms with Crippen LogP contribution in [0.25, 0.3) is 0 Å². The Bertz CT molecular complexity index is 1050. The molecule has 6 heteroatoms. The molecule has 1 fully saturated rings. The number of rotatable bonds is 3. The number of para-hydroxylation sites is 1. The van der Waals surface area contributed by atoms with Gasteiger partial charge in [0, 0.05) is 43.6 Å². The van der Waals surface area contributed by atoms with Gasteiger partial charge in [-0.3, -0.25) is 4.79 Å². The number of nitrogens with zero attached hydrogens (tertiary/aromatic N) is 5. The number of aliphatic imine (C=N–C) groups is 1. The van der Waals surface area contributed by atoms with Crippen molar-refractivity contribution in [3.05, 3.63) is 78.5 Å². The van der Waals surface area contributed by atoms with Gasteiger partial charge in [-0.1, -0.05) is 48.5 Å². The van der Waals surface area contributed by atoms with Gasteiger partial charge in [-0.25, -0.2) is 9.67 Å². The second-order valence-electron chi connectivity index (χ2n) is 7.87. The quantitative estimate of drug-likeness (QED) is 0.677. The maximum atomic E-state index is 13.7. The first-order valence-electron chi connectivity index (χ1n) is 10.4. The van der Waals surface area contributed by atoms with Crippen molar-refractivity contribution in [1.82, 2.24) is 14.7 Å². The molecule has 3 aromatic rings. The van der Waals surface area contributed by atoms with Crippen molar-refractivity contribution in [2.45, 2.75) is 13.0 Å². The summed E-state index contributed by atoms with van der Waals surface area (Å²) in [4.78, 5) is 22.7. The number of fused-ring (bicyclic) bond motifs is 1. The maximum Gasteiger partial charge on any atom is 0.234 e. The van der Waals surface area contributed by atoms with Crippen molar-refractivity contribution in [3.8, 4) is 0 Å². The summed E-state index contributed by atoms with van der Waals surface area (Å²) in [6, 6.07) is 22.3. The molecule has 0 N–H and O–H groups in total. The molecule has 2 unspecified atom stereocenters. The van der Waals surface area contributed by atoms with Crippen LogP contribution >= 0.6 is 0 Å². The summed E-state index contributed by atoms with van der Waals surface area (Å²) in [6.45, 7) is 5.06. The van der Waals surface area contributed by atoms with Gasteiger partial charge in [0.15, 0.2) is 5.82 Å².